The third kappa shape index (κ3) is 123. The van der Waals surface area contributed by atoms with E-state index in [0.717, 1.165) is 130 Å². The molecule has 0 aliphatic carbocycles. The zero-order valence-electron chi connectivity index (χ0n) is 50.3. The van der Waals surface area contributed by atoms with Crippen LogP contribution in [-0.4, -0.2) is 294 Å². The van der Waals surface area contributed by atoms with Crippen LogP contribution in [0.1, 0.15) is 89.9 Å². The minimum Gasteiger partial charge on any atom is -0.480 e. The Balaban J connectivity index is -0.000000153. The summed E-state index contributed by atoms with van der Waals surface area (Å²) in [7, 11) is 0. The molecule has 34 N–H and O–H groups in total. The molecule has 1 aliphatic rings. The number of hydrogen-bond donors (Lipinski definition) is 27. The topological polar surface area (TPSA) is 514 Å². The maximum Gasteiger partial charge on any atom is 0.317 e. The van der Waals surface area contributed by atoms with E-state index in [2.05, 4.69) is 58.5 Å². The summed E-state index contributed by atoms with van der Waals surface area (Å²) in [5.74, 6) is -0.827. The third-order valence-corrected chi connectivity index (χ3v) is 10.2. The van der Waals surface area contributed by atoms with Gasteiger partial charge in [0.05, 0.1) is 58.4 Å². The Morgan fingerprint density at radius 2 is 0.613 bits per heavy atom. The minimum absolute atomic E-state index is 0.0278. The quantitative estimate of drug-likeness (QED) is 0.0252. The number of carboxylic acids is 1. The minimum atomic E-state index is -0.827. The van der Waals surface area contributed by atoms with Crippen LogP contribution in [0.15, 0.2) is 0 Å². The molecular formula is C52H134N18O10. The molecule has 0 aromatic carbocycles. The summed E-state index contributed by atoms with van der Waals surface area (Å²) in [5, 5.41) is 110. The van der Waals surface area contributed by atoms with Crippen molar-refractivity contribution >= 4 is 5.97 Å². The molecule has 0 aromatic rings. The molecule has 0 saturated carbocycles. The fourth-order valence-electron chi connectivity index (χ4n) is 5.76. The van der Waals surface area contributed by atoms with Crippen LogP contribution < -0.4 is 98.6 Å². The van der Waals surface area contributed by atoms with Crippen molar-refractivity contribution in [1.29, 1.82) is 0 Å². The molecule has 1 atom stereocenters. The first kappa shape index (κ1) is 92.2. The number of carbonyl (C=O) groups is 1. The molecule has 0 spiro atoms. The number of aliphatic hydroxyl groups excluding tert-OH is 8. The molecule has 1 aliphatic heterocycles. The van der Waals surface area contributed by atoms with Crippen molar-refractivity contribution in [2.75, 3.05) is 229 Å². The van der Waals surface area contributed by atoms with Crippen molar-refractivity contribution in [1.82, 2.24) is 58.5 Å². The molecule has 0 bridgehead atoms. The summed E-state index contributed by atoms with van der Waals surface area (Å²) in [5.41, 5.74) is 36.9. The molecule has 1 saturated heterocycles. The van der Waals surface area contributed by atoms with Crippen molar-refractivity contribution < 1.29 is 50.8 Å². The van der Waals surface area contributed by atoms with Gasteiger partial charge >= 0.3 is 5.97 Å². The molecule has 28 nitrogen and oxygen atoms in total. The van der Waals surface area contributed by atoms with Gasteiger partial charge < -0.3 is 145 Å². The lowest BCUT2D eigenvalue weighted by Crippen LogP contribution is -2.37. The molecule has 0 aromatic heterocycles. The number of hydrogen-bond acceptors (Lipinski definition) is 27. The van der Waals surface area contributed by atoms with E-state index in [4.69, 9.17) is 81.0 Å². The summed E-state index contributed by atoms with van der Waals surface area (Å²) in [6.07, 6.45) is 15.5. The Hall–Kier alpha value is -1.57. The monoisotopic (exact) mass is 1170 g/mol. The van der Waals surface area contributed by atoms with Crippen LogP contribution >= 0.6 is 0 Å². The Labute approximate surface area is 485 Å². The van der Waals surface area contributed by atoms with E-state index in [-0.39, 0.29) is 52.7 Å². The Bertz CT molecular complexity index is 922. The maximum atomic E-state index is 9.87. The van der Waals surface area contributed by atoms with E-state index < -0.39 is 18.2 Å². The summed E-state index contributed by atoms with van der Waals surface area (Å²) in [4.78, 5) is 9.87. The first-order valence-corrected chi connectivity index (χ1v) is 30.0. The lowest BCUT2D eigenvalue weighted by atomic mass is 10.1. The average Bonchev–Trinajstić information content (AvgIpc) is 3.80. The lowest BCUT2D eigenvalue weighted by molar-refractivity contribution is -0.135. The van der Waals surface area contributed by atoms with E-state index in [9.17, 15) is 9.90 Å². The molecule has 0 radical (unpaired) electrons. The zero-order chi connectivity index (χ0) is 61.2. The van der Waals surface area contributed by atoms with Crippen molar-refractivity contribution in [3.8, 4) is 0 Å². The summed E-state index contributed by atoms with van der Waals surface area (Å²) >= 11 is 0. The van der Waals surface area contributed by atoms with Crippen LogP contribution in [0, 0.1) is 0 Å². The van der Waals surface area contributed by atoms with Gasteiger partial charge in [0, 0.05) is 78.5 Å². The van der Waals surface area contributed by atoms with Crippen LogP contribution in [0.4, 0.5) is 0 Å². The van der Waals surface area contributed by atoms with Crippen molar-refractivity contribution in [2.24, 2.45) is 40.1 Å². The number of carboxylic acid groups (broad SMARTS) is 1. The SMILES string of the molecule is C1CNCCNC1.NCC(O)CNCCO.NCCCCCCCCNCCCN.NCCCCNCCCN.NCCCNCC(=O)O.NCCCNCCO.OCCNCC(O)CNCCO.OCCNCCCNCCO. The largest absolute Gasteiger partial charge is 0.480 e. The molecule has 1 heterocycles. The molecular weight excluding hydrogens is 1040 g/mol. The molecule has 1 unspecified atom stereocenters. The lowest BCUT2D eigenvalue weighted by Gasteiger charge is -2.11. The van der Waals surface area contributed by atoms with Gasteiger partial charge in [-0.25, -0.2) is 0 Å². The highest BCUT2D eigenvalue weighted by Gasteiger charge is 2.01. The molecule has 492 valence electrons. The second-order valence-corrected chi connectivity index (χ2v) is 18.0. The second kappa shape index (κ2) is 99.5. The summed E-state index contributed by atoms with van der Waals surface area (Å²) in [6.45, 7) is 23.0. The summed E-state index contributed by atoms with van der Waals surface area (Å²) < 4.78 is 0. The van der Waals surface area contributed by atoms with Crippen molar-refractivity contribution in [3.63, 3.8) is 0 Å². The van der Waals surface area contributed by atoms with Gasteiger partial charge in [0.1, 0.15) is 0 Å². The smallest absolute Gasteiger partial charge is 0.317 e. The van der Waals surface area contributed by atoms with Gasteiger partial charge in [0.15, 0.2) is 0 Å². The third-order valence-electron chi connectivity index (χ3n) is 10.2. The normalized spacial score (nSPS) is 11.9. The number of rotatable bonds is 49. The first-order chi connectivity index (χ1) is 39.0. The molecule has 28 heteroatoms. The highest BCUT2D eigenvalue weighted by molar-refractivity contribution is 5.68. The highest BCUT2D eigenvalue weighted by atomic mass is 16.4. The Morgan fingerprint density at radius 3 is 0.963 bits per heavy atom. The van der Waals surface area contributed by atoms with Gasteiger partial charge in [-0.1, -0.05) is 25.7 Å². The molecule has 1 fully saturated rings. The molecule has 0 amide bonds. The van der Waals surface area contributed by atoms with Crippen LogP contribution in [0.2, 0.25) is 0 Å². The van der Waals surface area contributed by atoms with Crippen LogP contribution in [-0.2, 0) is 4.79 Å². The first-order valence-electron chi connectivity index (χ1n) is 30.0. The van der Waals surface area contributed by atoms with E-state index in [1.54, 1.807) is 0 Å². The van der Waals surface area contributed by atoms with Crippen LogP contribution in [0.5, 0.6) is 0 Å². The van der Waals surface area contributed by atoms with Crippen LogP contribution in [0.3, 0.4) is 0 Å². The Morgan fingerprint density at radius 1 is 0.338 bits per heavy atom. The van der Waals surface area contributed by atoms with E-state index in [1.807, 2.05) is 0 Å². The predicted octanol–water partition coefficient (Wildman–Crippen LogP) is -7.68. The second-order valence-electron chi connectivity index (χ2n) is 18.0. The highest BCUT2D eigenvalue weighted by Crippen LogP contribution is 2.03. The van der Waals surface area contributed by atoms with Gasteiger partial charge in [0.25, 0.3) is 0 Å². The van der Waals surface area contributed by atoms with Gasteiger partial charge in [-0.05, 0) is 169 Å². The fraction of sp³-hybridized carbons (Fsp3) is 0.981. The number of aliphatic hydroxyl groups is 8. The fourth-order valence-corrected chi connectivity index (χ4v) is 5.76. The standard InChI is InChI=1S/C11H27N3.C7H19N3.C7H18N2O3.C7H18N2O2.C5H14N2O2.C5H12N2O2.C5H14N2O.C5H12N2/c12-8-5-3-1-2-4-6-10-14-11-7-9-13;8-4-1-2-6-10-7-3-5-9;10-3-1-8-5-7(12)6-9-2-4-11;10-6-4-8-2-1-3-9-5-7-11;6-3-5(9)4-7-1-2-8;6-2-1-3-7-4-5(8)9;6-2-1-3-7-4-5-8;1-2-6-4-5-7-3-1/h14H,1-13H2;10H,1-9H2;7-12H,1-6H2;8-11H,1-7H2;5,7-9H,1-4,6H2;7H,1-4,6H2,(H,8,9);7-8H,1-6H2;6-7H,1-5H2. The average molecular weight is 1170 g/mol. The van der Waals surface area contributed by atoms with Gasteiger partial charge in [-0.15, -0.1) is 0 Å². The number of nitrogens with one attached hydrogen (secondary N) is 11. The van der Waals surface area contributed by atoms with Crippen molar-refractivity contribution in [3.05, 3.63) is 0 Å². The number of aliphatic carboxylic acids is 1. The van der Waals surface area contributed by atoms with E-state index >= 15 is 0 Å². The Kier molecular flexibility index (Phi) is 115. The zero-order valence-corrected chi connectivity index (χ0v) is 50.3. The molecule has 1 rings (SSSR count). The van der Waals surface area contributed by atoms with Crippen molar-refractivity contribution in [2.45, 2.75) is 102 Å². The maximum absolute atomic E-state index is 9.87. The predicted molar refractivity (Wildman–Crippen MR) is 332 cm³/mol. The summed E-state index contributed by atoms with van der Waals surface area (Å²) in [6, 6.07) is 0. The van der Waals surface area contributed by atoms with Gasteiger partial charge in [-0.3, -0.25) is 4.79 Å². The molecule has 80 heavy (non-hydrogen) atoms. The van der Waals surface area contributed by atoms with E-state index in [1.165, 1.54) is 64.5 Å². The van der Waals surface area contributed by atoms with Gasteiger partial charge in [-0.2, -0.15) is 0 Å². The van der Waals surface area contributed by atoms with Gasteiger partial charge in [0.2, 0.25) is 0 Å². The number of unbranched alkanes of at least 4 members (excludes halogenated alkanes) is 6. The van der Waals surface area contributed by atoms with E-state index in [0.29, 0.717) is 72.0 Å². The van der Waals surface area contributed by atoms with Crippen LogP contribution in [0.25, 0.3) is 0 Å². The number of nitrogens with two attached hydrogens (primary N) is 7.